The first kappa shape index (κ1) is 50.2. The molecule has 0 saturated carbocycles. The smallest absolute Gasteiger partial charge is 0.462 e. The second kappa shape index (κ2) is 37.5. The fourth-order valence-corrected chi connectivity index (χ4v) is 6.09. The Morgan fingerprint density at radius 1 is 0.577 bits per heavy atom. The van der Waals surface area contributed by atoms with Crippen molar-refractivity contribution in [3.8, 4) is 0 Å². The minimum Gasteiger partial charge on any atom is -0.462 e. The van der Waals surface area contributed by atoms with E-state index in [1.807, 2.05) is 0 Å². The molecule has 3 atom stereocenters. The summed E-state index contributed by atoms with van der Waals surface area (Å²) < 4.78 is 32.6. The number of aliphatic hydroxyl groups excluding tert-OH is 2. The molecule has 11 heteroatoms. The first-order valence-electron chi connectivity index (χ1n) is 20.4. The Kier molecular flexibility index (Phi) is 36.2. The number of aliphatic hydroxyl groups is 2. The van der Waals surface area contributed by atoms with Crippen LogP contribution in [0.1, 0.15) is 174 Å². The number of rotatable bonds is 38. The lowest BCUT2D eigenvalue weighted by Gasteiger charge is -2.20. The highest BCUT2D eigenvalue weighted by Crippen LogP contribution is 2.43. The number of hydrogen-bond donors (Lipinski definition) is 3. The molecule has 0 spiro atoms. The van der Waals surface area contributed by atoms with Gasteiger partial charge in [-0.05, 0) is 64.2 Å². The number of carbonyl (C=O) groups excluding carboxylic acids is 2. The van der Waals surface area contributed by atoms with Crippen molar-refractivity contribution in [2.45, 2.75) is 187 Å². The third kappa shape index (κ3) is 36.5. The molecule has 0 aliphatic heterocycles. The predicted molar refractivity (Wildman–Crippen MR) is 210 cm³/mol. The van der Waals surface area contributed by atoms with Crippen molar-refractivity contribution in [2.75, 3.05) is 26.4 Å². The van der Waals surface area contributed by atoms with Gasteiger partial charge in [-0.3, -0.25) is 18.6 Å². The lowest BCUT2D eigenvalue weighted by molar-refractivity contribution is -0.161. The van der Waals surface area contributed by atoms with Gasteiger partial charge in [0.15, 0.2) is 6.10 Å². The van der Waals surface area contributed by atoms with Gasteiger partial charge in [-0.15, -0.1) is 0 Å². The maximum atomic E-state index is 12.6. The highest BCUT2D eigenvalue weighted by molar-refractivity contribution is 7.47. The summed E-state index contributed by atoms with van der Waals surface area (Å²) in [5, 5.41) is 18.3. The molecule has 0 aliphatic rings. The number of ether oxygens (including phenoxy) is 2. The van der Waals surface area contributed by atoms with Crippen LogP contribution in [0.15, 0.2) is 36.5 Å². The van der Waals surface area contributed by atoms with Crippen LogP contribution in [-0.2, 0) is 32.7 Å². The highest BCUT2D eigenvalue weighted by Gasteiger charge is 2.27. The molecule has 0 heterocycles. The summed E-state index contributed by atoms with van der Waals surface area (Å²) in [6, 6.07) is 0. The third-order valence-corrected chi connectivity index (χ3v) is 9.47. The number of hydrogen-bond acceptors (Lipinski definition) is 9. The molecule has 0 amide bonds. The lowest BCUT2D eigenvalue weighted by Crippen LogP contribution is -2.29. The number of phosphoric ester groups is 1. The summed E-state index contributed by atoms with van der Waals surface area (Å²) in [4.78, 5) is 34.9. The van der Waals surface area contributed by atoms with E-state index < -0.39 is 51.8 Å². The molecular weight excluding hydrogens is 683 g/mol. The standard InChI is InChI=1S/C41H75O10P/c1-3-5-7-9-11-13-15-16-17-18-19-20-21-23-25-27-29-31-33-41(45)51-39(37-50-52(46,47)49-35-38(43)34-42)36-48-40(44)32-30-28-26-24-22-14-12-10-8-6-4-2/h10,12-13,15,17-18,38-39,42-43H,3-9,11,14,16,19-37H2,1-2H3,(H,46,47)/b12-10-,15-13-,18-17-. The number of unbranched alkanes of at least 4 members (excludes halogenated alkanes) is 18. The van der Waals surface area contributed by atoms with Gasteiger partial charge in [0.25, 0.3) is 0 Å². The van der Waals surface area contributed by atoms with Crippen LogP contribution in [0.2, 0.25) is 0 Å². The van der Waals surface area contributed by atoms with Crippen molar-refractivity contribution in [2.24, 2.45) is 0 Å². The summed E-state index contributed by atoms with van der Waals surface area (Å²) >= 11 is 0. The number of phosphoric acid groups is 1. The molecule has 0 bridgehead atoms. The second-order valence-electron chi connectivity index (χ2n) is 13.7. The Bertz CT molecular complexity index is 967. The molecule has 0 saturated heterocycles. The molecule has 52 heavy (non-hydrogen) atoms. The van der Waals surface area contributed by atoms with Crippen LogP contribution in [0.5, 0.6) is 0 Å². The van der Waals surface area contributed by atoms with Gasteiger partial charge in [0.1, 0.15) is 12.7 Å². The lowest BCUT2D eigenvalue weighted by atomic mass is 10.1. The monoisotopic (exact) mass is 759 g/mol. The molecule has 0 aromatic carbocycles. The zero-order chi connectivity index (χ0) is 38.4. The summed E-state index contributed by atoms with van der Waals surface area (Å²) in [5.41, 5.74) is 0. The summed E-state index contributed by atoms with van der Waals surface area (Å²) in [6.45, 7) is 2.29. The maximum absolute atomic E-state index is 12.6. The second-order valence-corrected chi connectivity index (χ2v) is 15.1. The van der Waals surface area contributed by atoms with Crippen molar-refractivity contribution in [1.82, 2.24) is 0 Å². The van der Waals surface area contributed by atoms with Crippen molar-refractivity contribution in [3.05, 3.63) is 36.5 Å². The molecule has 0 rings (SSSR count). The zero-order valence-corrected chi connectivity index (χ0v) is 33.7. The number of carbonyl (C=O) groups is 2. The Morgan fingerprint density at radius 2 is 1.02 bits per heavy atom. The maximum Gasteiger partial charge on any atom is 0.472 e. The third-order valence-electron chi connectivity index (χ3n) is 8.52. The van der Waals surface area contributed by atoms with Gasteiger partial charge >= 0.3 is 19.8 Å². The molecule has 3 N–H and O–H groups in total. The van der Waals surface area contributed by atoms with Crippen molar-refractivity contribution >= 4 is 19.8 Å². The zero-order valence-electron chi connectivity index (χ0n) is 32.8. The Labute approximate surface area is 316 Å². The highest BCUT2D eigenvalue weighted by atomic mass is 31.2. The average molecular weight is 759 g/mol. The molecule has 304 valence electrons. The molecule has 0 aromatic rings. The molecular formula is C41H75O10P. The first-order valence-corrected chi connectivity index (χ1v) is 21.9. The van der Waals surface area contributed by atoms with E-state index in [4.69, 9.17) is 19.1 Å². The van der Waals surface area contributed by atoms with E-state index >= 15 is 0 Å². The van der Waals surface area contributed by atoms with E-state index in [9.17, 15) is 24.2 Å². The Morgan fingerprint density at radius 3 is 1.56 bits per heavy atom. The minimum atomic E-state index is -4.62. The number of esters is 2. The van der Waals surface area contributed by atoms with Gasteiger partial charge in [0, 0.05) is 12.8 Å². The average Bonchev–Trinajstić information content (AvgIpc) is 3.13. The van der Waals surface area contributed by atoms with E-state index in [-0.39, 0.29) is 19.4 Å². The van der Waals surface area contributed by atoms with E-state index in [2.05, 4.69) is 54.8 Å². The van der Waals surface area contributed by atoms with Crippen LogP contribution in [-0.4, -0.2) is 65.7 Å². The van der Waals surface area contributed by atoms with Crippen LogP contribution in [0.3, 0.4) is 0 Å². The van der Waals surface area contributed by atoms with Crippen LogP contribution >= 0.6 is 7.82 Å². The van der Waals surface area contributed by atoms with E-state index in [0.717, 1.165) is 77.0 Å². The molecule has 0 radical (unpaired) electrons. The first-order chi connectivity index (χ1) is 25.2. The van der Waals surface area contributed by atoms with Gasteiger partial charge < -0.3 is 24.6 Å². The van der Waals surface area contributed by atoms with Gasteiger partial charge in [-0.2, -0.15) is 0 Å². The van der Waals surface area contributed by atoms with Crippen LogP contribution in [0, 0.1) is 0 Å². The largest absolute Gasteiger partial charge is 0.472 e. The molecule has 0 aliphatic carbocycles. The topological polar surface area (TPSA) is 149 Å². The fourth-order valence-electron chi connectivity index (χ4n) is 5.30. The fraction of sp³-hybridized carbons (Fsp3) is 0.805. The Hall–Kier alpha value is -1.81. The van der Waals surface area contributed by atoms with Gasteiger partial charge in [0.05, 0.1) is 19.8 Å². The predicted octanol–water partition coefficient (Wildman–Crippen LogP) is 10.4. The molecule has 10 nitrogen and oxygen atoms in total. The number of allylic oxidation sites excluding steroid dienone is 6. The summed E-state index contributed by atoms with van der Waals surface area (Å²) in [6.07, 6.45) is 36.8. The van der Waals surface area contributed by atoms with Crippen LogP contribution in [0.25, 0.3) is 0 Å². The van der Waals surface area contributed by atoms with Gasteiger partial charge in [0.2, 0.25) is 0 Å². The Balaban J connectivity index is 4.33. The van der Waals surface area contributed by atoms with Crippen LogP contribution in [0.4, 0.5) is 0 Å². The van der Waals surface area contributed by atoms with E-state index in [1.54, 1.807) is 0 Å². The van der Waals surface area contributed by atoms with E-state index in [0.29, 0.717) is 12.8 Å². The van der Waals surface area contributed by atoms with Gasteiger partial charge in [-0.1, -0.05) is 134 Å². The summed E-state index contributed by atoms with van der Waals surface area (Å²) in [7, 11) is -4.62. The van der Waals surface area contributed by atoms with E-state index in [1.165, 1.54) is 57.8 Å². The molecule has 3 unspecified atom stereocenters. The van der Waals surface area contributed by atoms with Crippen LogP contribution < -0.4 is 0 Å². The van der Waals surface area contributed by atoms with Crippen molar-refractivity contribution in [3.63, 3.8) is 0 Å². The molecule has 0 aromatic heterocycles. The minimum absolute atomic E-state index is 0.174. The van der Waals surface area contributed by atoms with Crippen molar-refractivity contribution < 1.29 is 47.8 Å². The van der Waals surface area contributed by atoms with Gasteiger partial charge in [-0.25, -0.2) is 4.57 Å². The molecule has 0 fully saturated rings. The summed E-state index contributed by atoms with van der Waals surface area (Å²) in [5.74, 6) is -0.946. The quantitative estimate of drug-likeness (QED) is 0.0240. The SMILES string of the molecule is CCCC/C=C\CCCCCCCC(=O)OCC(COP(=O)(O)OCC(O)CO)OC(=O)CCCCCCCCC/C=C\C/C=C\CCCCCC. The normalized spacial score (nSPS) is 14.3. The van der Waals surface area contributed by atoms with Crippen molar-refractivity contribution in [1.29, 1.82) is 0 Å².